The van der Waals surface area contributed by atoms with Gasteiger partial charge in [0.05, 0.1) is 0 Å². The predicted molar refractivity (Wildman–Crippen MR) is 95.9 cm³/mol. The second-order valence-corrected chi connectivity index (χ2v) is 9.25. The Morgan fingerprint density at radius 2 is 1.59 bits per heavy atom. The van der Waals surface area contributed by atoms with E-state index in [1.807, 2.05) is 0 Å². The fraction of sp³-hybridized carbons (Fsp3) is 0.700. The van der Waals surface area contributed by atoms with Gasteiger partial charge in [-0.3, -0.25) is 0 Å². The summed E-state index contributed by atoms with van der Waals surface area (Å²) in [6.45, 7) is 3.58. The summed E-state index contributed by atoms with van der Waals surface area (Å²) in [6.07, 6.45) is 10.3. The van der Waals surface area contributed by atoms with E-state index in [0.29, 0.717) is 11.5 Å². The van der Waals surface area contributed by atoms with Gasteiger partial charge in [-0.2, -0.15) is 0 Å². The third-order valence-corrected chi connectivity index (χ3v) is 7.31. The van der Waals surface area contributed by atoms with Crippen molar-refractivity contribution >= 4 is 15.9 Å². The van der Waals surface area contributed by atoms with Crippen LogP contribution in [-0.2, 0) is 6.42 Å². The third kappa shape index (κ3) is 2.89. The monoisotopic (exact) mass is 361 g/mol. The highest BCUT2D eigenvalue weighted by molar-refractivity contribution is 9.10. The van der Waals surface area contributed by atoms with Crippen molar-refractivity contribution in [2.75, 3.05) is 6.54 Å². The Hall–Kier alpha value is -0.340. The minimum absolute atomic E-state index is 0.633. The van der Waals surface area contributed by atoms with Crippen LogP contribution in [0.25, 0.3) is 0 Å². The van der Waals surface area contributed by atoms with Gasteiger partial charge in [-0.05, 0) is 99.3 Å². The molecule has 0 amide bonds. The molecule has 5 rings (SSSR count). The van der Waals surface area contributed by atoms with Crippen molar-refractivity contribution in [1.82, 2.24) is 5.32 Å². The first kappa shape index (κ1) is 15.2. The summed E-state index contributed by atoms with van der Waals surface area (Å²) in [7, 11) is 0. The molecule has 0 radical (unpaired) electrons. The molecule has 4 bridgehead atoms. The van der Waals surface area contributed by atoms with Gasteiger partial charge < -0.3 is 5.32 Å². The van der Waals surface area contributed by atoms with Crippen molar-refractivity contribution in [3.63, 3.8) is 0 Å². The molecule has 0 heterocycles. The fourth-order valence-corrected chi connectivity index (χ4v) is 6.27. The number of rotatable bonds is 5. The predicted octanol–water partition coefficient (Wildman–Crippen LogP) is 5.19. The van der Waals surface area contributed by atoms with Gasteiger partial charge in [0, 0.05) is 10.5 Å². The van der Waals surface area contributed by atoms with Crippen molar-refractivity contribution in [2.45, 2.75) is 57.9 Å². The Bertz CT molecular complexity index is 486. The van der Waals surface area contributed by atoms with E-state index in [2.05, 4.69) is 52.4 Å². The van der Waals surface area contributed by atoms with Crippen LogP contribution in [0.15, 0.2) is 28.7 Å². The summed E-state index contributed by atoms with van der Waals surface area (Å²) in [6, 6.07) is 9.47. The Kier molecular flexibility index (Phi) is 4.11. The lowest BCUT2D eigenvalue weighted by Crippen LogP contribution is -2.55. The topological polar surface area (TPSA) is 12.0 Å². The van der Waals surface area contributed by atoms with Crippen molar-refractivity contribution in [3.05, 3.63) is 34.3 Å². The zero-order chi connectivity index (χ0) is 15.2. The Morgan fingerprint density at radius 1 is 1.05 bits per heavy atom. The largest absolute Gasteiger partial charge is 0.313 e. The first-order chi connectivity index (χ1) is 10.6. The maximum atomic E-state index is 3.89. The van der Waals surface area contributed by atoms with E-state index in [1.165, 1.54) is 29.3 Å². The summed E-state index contributed by atoms with van der Waals surface area (Å²) < 4.78 is 1.17. The van der Waals surface area contributed by atoms with Gasteiger partial charge >= 0.3 is 0 Å². The van der Waals surface area contributed by atoms with Crippen LogP contribution in [0.1, 0.15) is 51.0 Å². The van der Waals surface area contributed by atoms with Gasteiger partial charge in [-0.1, -0.05) is 28.1 Å². The molecule has 1 nitrogen and oxygen atoms in total. The normalized spacial score (nSPS) is 37.5. The van der Waals surface area contributed by atoms with Crippen LogP contribution < -0.4 is 5.32 Å². The molecular formula is C20H28BrN. The van der Waals surface area contributed by atoms with Crippen LogP contribution in [0.2, 0.25) is 0 Å². The fourth-order valence-electron chi connectivity index (χ4n) is 6.01. The van der Waals surface area contributed by atoms with E-state index < -0.39 is 0 Å². The van der Waals surface area contributed by atoms with Crippen LogP contribution in [0.3, 0.4) is 0 Å². The summed E-state index contributed by atoms with van der Waals surface area (Å²) >= 11 is 3.51. The molecule has 0 aromatic heterocycles. The van der Waals surface area contributed by atoms with E-state index in [-0.39, 0.29) is 0 Å². The molecule has 1 aromatic rings. The van der Waals surface area contributed by atoms with Crippen LogP contribution in [0.4, 0.5) is 0 Å². The van der Waals surface area contributed by atoms with Gasteiger partial charge in [0.1, 0.15) is 0 Å². The molecule has 0 saturated heterocycles. The molecule has 1 unspecified atom stereocenters. The zero-order valence-corrected chi connectivity index (χ0v) is 15.2. The maximum absolute atomic E-state index is 3.89. The highest BCUT2D eigenvalue weighted by atomic mass is 79.9. The van der Waals surface area contributed by atoms with Crippen molar-refractivity contribution in [2.24, 2.45) is 23.2 Å². The molecule has 1 N–H and O–H groups in total. The van der Waals surface area contributed by atoms with E-state index >= 15 is 0 Å². The Balaban J connectivity index is 1.34. The zero-order valence-electron chi connectivity index (χ0n) is 13.7. The SMILES string of the molecule is CC(NCCc1ccc(Br)cc1)C12CC3CC(CC(C3)C1)C2. The van der Waals surface area contributed by atoms with Crippen molar-refractivity contribution in [3.8, 4) is 0 Å². The number of hydrogen-bond acceptors (Lipinski definition) is 1. The average molecular weight is 362 g/mol. The molecule has 4 aliphatic rings. The molecule has 0 aliphatic heterocycles. The van der Waals surface area contributed by atoms with Gasteiger partial charge in [0.2, 0.25) is 0 Å². The van der Waals surface area contributed by atoms with Gasteiger partial charge in [0.15, 0.2) is 0 Å². The summed E-state index contributed by atoms with van der Waals surface area (Å²) in [5.41, 5.74) is 2.07. The molecule has 22 heavy (non-hydrogen) atoms. The Morgan fingerprint density at radius 3 is 2.14 bits per heavy atom. The lowest BCUT2D eigenvalue weighted by atomic mass is 9.48. The van der Waals surface area contributed by atoms with Crippen molar-refractivity contribution in [1.29, 1.82) is 0 Å². The summed E-state index contributed by atoms with van der Waals surface area (Å²) in [5.74, 6) is 3.17. The summed E-state index contributed by atoms with van der Waals surface area (Å²) in [5, 5.41) is 3.89. The second kappa shape index (κ2) is 5.94. The van der Waals surface area contributed by atoms with Crippen molar-refractivity contribution < 1.29 is 0 Å². The van der Waals surface area contributed by atoms with Crippen LogP contribution >= 0.6 is 15.9 Å². The first-order valence-corrected chi connectivity index (χ1v) is 9.90. The molecule has 2 heteroatoms. The molecular weight excluding hydrogens is 334 g/mol. The van der Waals surface area contributed by atoms with E-state index in [1.54, 1.807) is 19.3 Å². The third-order valence-electron chi connectivity index (χ3n) is 6.78. The maximum Gasteiger partial charge on any atom is 0.0175 e. The summed E-state index contributed by atoms with van der Waals surface area (Å²) in [4.78, 5) is 0. The molecule has 120 valence electrons. The lowest BCUT2D eigenvalue weighted by Gasteiger charge is -2.59. The number of benzene rings is 1. The number of hydrogen-bond donors (Lipinski definition) is 1. The minimum atomic E-state index is 0.633. The number of halogens is 1. The molecule has 4 fully saturated rings. The smallest absolute Gasteiger partial charge is 0.0175 e. The lowest BCUT2D eigenvalue weighted by molar-refractivity contribution is -0.0702. The molecule has 4 saturated carbocycles. The van der Waals surface area contributed by atoms with Crippen LogP contribution in [0, 0.1) is 23.2 Å². The average Bonchev–Trinajstić information content (AvgIpc) is 2.48. The van der Waals surface area contributed by atoms with Gasteiger partial charge in [0.25, 0.3) is 0 Å². The van der Waals surface area contributed by atoms with E-state index in [9.17, 15) is 0 Å². The first-order valence-electron chi connectivity index (χ1n) is 9.11. The quantitative estimate of drug-likeness (QED) is 0.760. The molecule has 4 aliphatic carbocycles. The Labute approximate surface area is 143 Å². The minimum Gasteiger partial charge on any atom is -0.313 e. The second-order valence-electron chi connectivity index (χ2n) is 8.33. The van der Waals surface area contributed by atoms with Gasteiger partial charge in [-0.15, -0.1) is 0 Å². The molecule has 0 spiro atoms. The van der Waals surface area contributed by atoms with Crippen LogP contribution in [0.5, 0.6) is 0 Å². The van der Waals surface area contributed by atoms with Crippen LogP contribution in [-0.4, -0.2) is 12.6 Å². The van der Waals surface area contributed by atoms with E-state index in [4.69, 9.17) is 0 Å². The molecule has 1 atom stereocenters. The highest BCUT2D eigenvalue weighted by Gasteiger charge is 2.52. The standard InChI is InChI=1S/C20H28BrN/c1-14(22-7-6-15-2-4-19(21)5-3-15)20-11-16-8-17(12-20)10-18(9-16)13-20/h2-5,14,16-18,22H,6-13H2,1H3. The van der Waals surface area contributed by atoms with E-state index in [0.717, 1.165) is 30.7 Å². The van der Waals surface area contributed by atoms with Gasteiger partial charge in [-0.25, -0.2) is 0 Å². The highest BCUT2D eigenvalue weighted by Crippen LogP contribution is 2.61. The number of nitrogens with one attached hydrogen (secondary N) is 1. The molecule has 1 aromatic carbocycles.